The first-order valence-corrected chi connectivity index (χ1v) is 11.8. The van der Waals surface area contributed by atoms with Gasteiger partial charge in [0.2, 0.25) is 5.91 Å². The van der Waals surface area contributed by atoms with E-state index in [-0.39, 0.29) is 30.9 Å². The fourth-order valence-electron chi connectivity index (χ4n) is 4.43. The zero-order valence-electron chi connectivity index (χ0n) is 20.2. The van der Waals surface area contributed by atoms with Gasteiger partial charge in [-0.05, 0) is 45.9 Å². The number of hydrogen-bond donors (Lipinski definition) is 4. The average Bonchev–Trinajstić information content (AvgIpc) is 3.18. The molecule has 0 radical (unpaired) electrons. The van der Waals surface area contributed by atoms with E-state index in [1.54, 1.807) is 24.3 Å². The van der Waals surface area contributed by atoms with Crippen LogP contribution in [0.4, 0.5) is 15.3 Å². The van der Waals surface area contributed by atoms with E-state index in [2.05, 4.69) is 40.2 Å². The first kappa shape index (κ1) is 24.8. The zero-order chi connectivity index (χ0) is 25.7. The summed E-state index contributed by atoms with van der Waals surface area (Å²) in [5.74, 6) is -0.549. The Morgan fingerprint density at radius 1 is 0.889 bits per heavy atom. The molecule has 0 saturated carbocycles. The highest BCUT2D eigenvalue weighted by molar-refractivity contribution is 5.86. The number of anilines is 1. The van der Waals surface area contributed by atoms with Gasteiger partial charge in [-0.25, -0.2) is 9.59 Å². The van der Waals surface area contributed by atoms with Crippen molar-refractivity contribution in [1.82, 2.24) is 10.6 Å². The SMILES string of the molecule is CC(C)[C@H](NC(=O)OCC1c2ccccc2-c2ccccc21)C(=O)NCc1ccc(NC(=O)O)cc1. The summed E-state index contributed by atoms with van der Waals surface area (Å²) in [5.41, 5.74) is 5.77. The lowest BCUT2D eigenvalue weighted by atomic mass is 9.98. The first-order chi connectivity index (χ1) is 17.3. The molecule has 1 aliphatic carbocycles. The maximum absolute atomic E-state index is 12.8. The standard InChI is InChI=1S/C28H29N3O5/c1-17(2)25(26(32)29-15-18-11-13-19(14-12-18)30-27(33)34)31-28(35)36-16-24-22-9-5-3-7-20(22)21-8-4-6-10-23(21)24/h3-14,17,24-25,30H,15-16H2,1-2H3,(H,29,32)(H,31,35)(H,33,34)/t25-/m0/s1. The highest BCUT2D eigenvalue weighted by Gasteiger charge is 2.30. The molecule has 0 saturated heterocycles. The number of carboxylic acid groups (broad SMARTS) is 1. The number of amides is 3. The van der Waals surface area contributed by atoms with Crippen molar-refractivity contribution in [2.45, 2.75) is 32.4 Å². The molecule has 0 spiro atoms. The van der Waals surface area contributed by atoms with E-state index in [0.717, 1.165) is 27.8 Å². The van der Waals surface area contributed by atoms with E-state index in [0.29, 0.717) is 5.69 Å². The molecule has 0 aliphatic heterocycles. The van der Waals surface area contributed by atoms with Crippen molar-refractivity contribution in [2.24, 2.45) is 5.92 Å². The van der Waals surface area contributed by atoms with Gasteiger partial charge in [0, 0.05) is 18.2 Å². The van der Waals surface area contributed by atoms with Crippen LogP contribution >= 0.6 is 0 Å². The Labute approximate surface area is 209 Å². The molecule has 0 bridgehead atoms. The average molecular weight is 488 g/mol. The third-order valence-electron chi connectivity index (χ3n) is 6.24. The minimum atomic E-state index is -1.14. The largest absolute Gasteiger partial charge is 0.465 e. The van der Waals surface area contributed by atoms with Crippen LogP contribution in [0.3, 0.4) is 0 Å². The maximum atomic E-state index is 12.8. The van der Waals surface area contributed by atoms with Crippen LogP contribution < -0.4 is 16.0 Å². The Morgan fingerprint density at radius 2 is 1.47 bits per heavy atom. The number of alkyl carbamates (subject to hydrolysis) is 1. The van der Waals surface area contributed by atoms with Crippen LogP contribution in [0.2, 0.25) is 0 Å². The number of ether oxygens (including phenoxy) is 1. The van der Waals surface area contributed by atoms with Gasteiger partial charge >= 0.3 is 12.2 Å². The summed E-state index contributed by atoms with van der Waals surface area (Å²) in [7, 11) is 0. The third-order valence-corrected chi connectivity index (χ3v) is 6.24. The van der Waals surface area contributed by atoms with Gasteiger partial charge in [-0.3, -0.25) is 10.1 Å². The van der Waals surface area contributed by atoms with Gasteiger partial charge in [-0.15, -0.1) is 0 Å². The maximum Gasteiger partial charge on any atom is 0.409 e. The molecule has 4 N–H and O–H groups in total. The number of fused-ring (bicyclic) bond motifs is 3. The zero-order valence-corrected chi connectivity index (χ0v) is 20.2. The van der Waals surface area contributed by atoms with Crippen LogP contribution in [0.25, 0.3) is 11.1 Å². The number of hydrogen-bond acceptors (Lipinski definition) is 4. The summed E-state index contributed by atoms with van der Waals surface area (Å²) in [5, 5.41) is 16.6. The lowest BCUT2D eigenvalue weighted by Gasteiger charge is -2.22. The van der Waals surface area contributed by atoms with Crippen molar-refractivity contribution < 1.29 is 24.2 Å². The van der Waals surface area contributed by atoms with E-state index in [4.69, 9.17) is 9.84 Å². The summed E-state index contributed by atoms with van der Waals surface area (Å²) in [6.07, 6.45) is -1.79. The molecule has 186 valence electrons. The number of rotatable bonds is 8. The van der Waals surface area contributed by atoms with Crippen LogP contribution in [0.1, 0.15) is 36.5 Å². The van der Waals surface area contributed by atoms with E-state index < -0.39 is 18.2 Å². The summed E-state index contributed by atoms with van der Waals surface area (Å²) >= 11 is 0. The second kappa shape index (κ2) is 10.9. The molecule has 4 rings (SSSR count). The minimum Gasteiger partial charge on any atom is -0.465 e. The third kappa shape index (κ3) is 5.66. The predicted octanol–water partition coefficient (Wildman–Crippen LogP) is 4.96. The molecule has 8 nitrogen and oxygen atoms in total. The fourth-order valence-corrected chi connectivity index (χ4v) is 4.43. The number of carbonyl (C=O) groups excluding carboxylic acids is 2. The van der Waals surface area contributed by atoms with Gasteiger partial charge in [0.25, 0.3) is 0 Å². The van der Waals surface area contributed by atoms with Crippen molar-refractivity contribution in [3.63, 3.8) is 0 Å². The Morgan fingerprint density at radius 3 is 2.03 bits per heavy atom. The molecular formula is C28H29N3O5. The molecule has 1 aliphatic rings. The fraction of sp³-hybridized carbons (Fsp3) is 0.250. The van der Waals surface area contributed by atoms with Gasteiger partial charge in [-0.2, -0.15) is 0 Å². The van der Waals surface area contributed by atoms with Crippen molar-refractivity contribution in [2.75, 3.05) is 11.9 Å². The van der Waals surface area contributed by atoms with E-state index in [1.807, 2.05) is 38.1 Å². The molecule has 0 unspecified atom stereocenters. The summed E-state index contributed by atoms with van der Waals surface area (Å²) in [6, 6.07) is 22.1. The van der Waals surface area contributed by atoms with Gasteiger partial charge < -0.3 is 20.5 Å². The highest BCUT2D eigenvalue weighted by Crippen LogP contribution is 2.44. The van der Waals surface area contributed by atoms with Crippen LogP contribution in [-0.4, -0.2) is 35.8 Å². The van der Waals surface area contributed by atoms with E-state index in [1.165, 1.54) is 0 Å². The Hall–Kier alpha value is -4.33. The lowest BCUT2D eigenvalue weighted by molar-refractivity contribution is -0.124. The quantitative estimate of drug-likeness (QED) is 0.359. The molecular weight excluding hydrogens is 458 g/mol. The second-order valence-electron chi connectivity index (χ2n) is 9.04. The Bertz CT molecular complexity index is 1210. The summed E-state index contributed by atoms with van der Waals surface area (Å²) < 4.78 is 5.59. The molecule has 3 aromatic carbocycles. The molecule has 36 heavy (non-hydrogen) atoms. The summed E-state index contributed by atoms with van der Waals surface area (Å²) in [6.45, 7) is 4.10. The number of nitrogens with one attached hydrogen (secondary N) is 3. The van der Waals surface area contributed by atoms with Crippen molar-refractivity contribution in [3.05, 3.63) is 89.5 Å². The van der Waals surface area contributed by atoms with E-state index in [9.17, 15) is 14.4 Å². The van der Waals surface area contributed by atoms with Crippen molar-refractivity contribution in [3.8, 4) is 11.1 Å². The smallest absolute Gasteiger partial charge is 0.409 e. The van der Waals surface area contributed by atoms with E-state index >= 15 is 0 Å². The minimum absolute atomic E-state index is 0.0620. The van der Waals surface area contributed by atoms with Gasteiger partial charge in [-0.1, -0.05) is 74.5 Å². The van der Waals surface area contributed by atoms with Crippen molar-refractivity contribution in [1.29, 1.82) is 0 Å². The number of benzene rings is 3. The lowest BCUT2D eigenvalue weighted by Crippen LogP contribution is -2.49. The molecule has 3 aromatic rings. The Balaban J connectivity index is 1.33. The molecule has 0 aromatic heterocycles. The predicted molar refractivity (Wildman–Crippen MR) is 137 cm³/mol. The van der Waals surface area contributed by atoms with Gasteiger partial charge in [0.1, 0.15) is 12.6 Å². The van der Waals surface area contributed by atoms with Crippen LogP contribution in [0.5, 0.6) is 0 Å². The molecule has 0 heterocycles. The molecule has 1 atom stereocenters. The molecule has 8 heteroatoms. The summed E-state index contributed by atoms with van der Waals surface area (Å²) in [4.78, 5) is 36.2. The van der Waals surface area contributed by atoms with Crippen LogP contribution in [0, 0.1) is 5.92 Å². The van der Waals surface area contributed by atoms with Crippen LogP contribution in [-0.2, 0) is 16.1 Å². The second-order valence-corrected chi connectivity index (χ2v) is 9.04. The van der Waals surface area contributed by atoms with Gasteiger partial charge in [0.05, 0.1) is 0 Å². The van der Waals surface area contributed by atoms with Gasteiger partial charge in [0.15, 0.2) is 0 Å². The highest BCUT2D eigenvalue weighted by atomic mass is 16.5. The molecule has 3 amide bonds. The monoisotopic (exact) mass is 487 g/mol. The normalized spacial score (nSPS) is 12.9. The molecule has 0 fully saturated rings. The van der Waals surface area contributed by atoms with Crippen LogP contribution in [0.15, 0.2) is 72.8 Å². The topological polar surface area (TPSA) is 117 Å². The Kier molecular flexibility index (Phi) is 7.53. The number of carbonyl (C=O) groups is 3. The van der Waals surface area contributed by atoms with Crippen molar-refractivity contribution >= 4 is 23.8 Å². The first-order valence-electron chi connectivity index (χ1n) is 11.8.